The Morgan fingerprint density at radius 1 is 1.47 bits per heavy atom. The van der Waals surface area contributed by atoms with E-state index in [0.717, 1.165) is 30.7 Å². The Bertz CT molecular complexity index is 260. The summed E-state index contributed by atoms with van der Waals surface area (Å²) in [6, 6.07) is 0. The van der Waals surface area contributed by atoms with Gasteiger partial charge in [0.05, 0.1) is 5.54 Å². The van der Waals surface area contributed by atoms with Crippen LogP contribution >= 0.6 is 0 Å². The molecule has 1 aliphatic carbocycles. The van der Waals surface area contributed by atoms with Crippen LogP contribution in [0.2, 0.25) is 0 Å². The summed E-state index contributed by atoms with van der Waals surface area (Å²) in [6.07, 6.45) is 5.55. The summed E-state index contributed by atoms with van der Waals surface area (Å²) >= 11 is 0. The van der Waals surface area contributed by atoms with E-state index in [2.05, 4.69) is 32.3 Å². The maximum Gasteiger partial charge on any atom is 0.0548 e. The fourth-order valence-corrected chi connectivity index (χ4v) is 1.81. The second-order valence-corrected chi connectivity index (χ2v) is 4.98. The van der Waals surface area contributed by atoms with E-state index < -0.39 is 0 Å². The molecule has 0 aromatic heterocycles. The van der Waals surface area contributed by atoms with Gasteiger partial charge in [0.1, 0.15) is 0 Å². The van der Waals surface area contributed by atoms with Crippen molar-refractivity contribution in [3.8, 4) is 0 Å². The van der Waals surface area contributed by atoms with E-state index in [1.54, 1.807) is 0 Å². The minimum absolute atomic E-state index is 0.0939. The molecular formula is C13H24N2. The van der Waals surface area contributed by atoms with Crippen LogP contribution in [0.1, 0.15) is 52.9 Å². The number of rotatable bonds is 6. The monoisotopic (exact) mass is 208 g/mol. The molecule has 86 valence electrons. The Balaban J connectivity index is 2.63. The Hall–Kier alpha value is -0.630. The molecule has 2 heteroatoms. The zero-order valence-electron chi connectivity index (χ0n) is 10.3. The van der Waals surface area contributed by atoms with Crippen molar-refractivity contribution in [2.24, 2.45) is 16.6 Å². The molecule has 0 spiro atoms. The Morgan fingerprint density at radius 2 is 2.07 bits per heavy atom. The van der Waals surface area contributed by atoms with Gasteiger partial charge in [-0.15, -0.1) is 0 Å². The molecule has 0 heterocycles. The van der Waals surface area contributed by atoms with Crippen LogP contribution in [-0.2, 0) is 0 Å². The molecule has 1 fully saturated rings. The molecule has 0 unspecified atom stereocenters. The van der Waals surface area contributed by atoms with Crippen molar-refractivity contribution >= 4 is 5.71 Å². The Morgan fingerprint density at radius 3 is 2.47 bits per heavy atom. The normalized spacial score (nSPS) is 19.4. The first-order valence-electron chi connectivity index (χ1n) is 6.05. The van der Waals surface area contributed by atoms with Gasteiger partial charge in [-0.2, -0.15) is 0 Å². The maximum atomic E-state index is 6.20. The number of allylic oxidation sites excluding steroid dienone is 1. The lowest BCUT2D eigenvalue weighted by atomic mass is 9.99. The molecular weight excluding hydrogens is 184 g/mol. The van der Waals surface area contributed by atoms with Gasteiger partial charge in [0.2, 0.25) is 0 Å². The molecule has 15 heavy (non-hydrogen) atoms. The van der Waals surface area contributed by atoms with Crippen LogP contribution in [0, 0.1) is 5.92 Å². The van der Waals surface area contributed by atoms with Crippen molar-refractivity contribution in [2.45, 2.75) is 58.4 Å². The average Bonchev–Trinajstić information content (AvgIpc) is 2.90. The van der Waals surface area contributed by atoms with Gasteiger partial charge in [-0.1, -0.05) is 33.8 Å². The maximum absolute atomic E-state index is 6.20. The minimum Gasteiger partial charge on any atom is -0.320 e. The molecule has 1 aliphatic rings. The number of nitrogens with two attached hydrogens (primary N) is 1. The average molecular weight is 208 g/mol. The molecule has 1 saturated carbocycles. The molecule has 0 aromatic rings. The van der Waals surface area contributed by atoms with Gasteiger partial charge < -0.3 is 5.73 Å². The molecule has 2 N–H and O–H groups in total. The molecule has 0 amide bonds. The Labute approximate surface area is 93.7 Å². The van der Waals surface area contributed by atoms with Crippen molar-refractivity contribution in [3.63, 3.8) is 0 Å². The summed E-state index contributed by atoms with van der Waals surface area (Å²) in [7, 11) is 0. The van der Waals surface area contributed by atoms with E-state index in [0.29, 0.717) is 5.92 Å². The fraction of sp³-hybridized carbons (Fsp3) is 0.769. The number of hydrogen-bond acceptors (Lipinski definition) is 2. The molecule has 0 radical (unpaired) electrons. The van der Waals surface area contributed by atoms with Crippen LogP contribution in [0.4, 0.5) is 0 Å². The van der Waals surface area contributed by atoms with Gasteiger partial charge in [0.25, 0.3) is 0 Å². The highest BCUT2D eigenvalue weighted by Gasteiger charge is 2.44. The third kappa shape index (κ3) is 3.45. The summed E-state index contributed by atoms with van der Waals surface area (Å²) in [6.45, 7) is 10.5. The smallest absolute Gasteiger partial charge is 0.0548 e. The second-order valence-electron chi connectivity index (χ2n) is 4.98. The van der Waals surface area contributed by atoms with E-state index in [-0.39, 0.29) is 5.54 Å². The largest absolute Gasteiger partial charge is 0.320 e. The lowest BCUT2D eigenvalue weighted by molar-refractivity contribution is 0.753. The topological polar surface area (TPSA) is 38.4 Å². The van der Waals surface area contributed by atoms with Crippen LogP contribution in [0.3, 0.4) is 0 Å². The van der Waals surface area contributed by atoms with Crippen LogP contribution in [-0.4, -0.2) is 11.3 Å². The number of aliphatic imine (C=N–C) groups is 1. The molecule has 0 atom stereocenters. The highest BCUT2D eigenvalue weighted by atomic mass is 14.9. The first-order chi connectivity index (χ1) is 6.99. The molecule has 0 aliphatic heterocycles. The van der Waals surface area contributed by atoms with E-state index in [1.807, 2.05) is 0 Å². The minimum atomic E-state index is -0.0939. The van der Waals surface area contributed by atoms with Gasteiger partial charge in [0.15, 0.2) is 0 Å². The van der Waals surface area contributed by atoms with Crippen molar-refractivity contribution in [2.75, 3.05) is 0 Å². The van der Waals surface area contributed by atoms with E-state index in [1.165, 1.54) is 12.8 Å². The highest BCUT2D eigenvalue weighted by Crippen LogP contribution is 2.36. The summed E-state index contributed by atoms with van der Waals surface area (Å²) in [5, 5.41) is 0. The first-order valence-corrected chi connectivity index (χ1v) is 6.05. The summed E-state index contributed by atoms with van der Waals surface area (Å²) in [4.78, 5) is 4.64. The van der Waals surface area contributed by atoms with E-state index in [9.17, 15) is 0 Å². The summed E-state index contributed by atoms with van der Waals surface area (Å²) in [5.41, 5.74) is 8.26. The van der Waals surface area contributed by atoms with Crippen molar-refractivity contribution in [1.29, 1.82) is 0 Å². The highest BCUT2D eigenvalue weighted by molar-refractivity contribution is 5.98. The number of hydrogen-bond donors (Lipinski definition) is 1. The standard InChI is InChI=1S/C13H24N2/c1-5-6-7-11(4)15-12(10(2)3)13(14)8-9-13/h10H,4-9,14H2,1-3H3/b15-12+. The SMILES string of the molecule is C=C(CCCC)/N=C(\C(C)C)C1(N)CC1. The lowest BCUT2D eigenvalue weighted by Gasteiger charge is -2.17. The van der Waals surface area contributed by atoms with Gasteiger partial charge in [0, 0.05) is 11.4 Å². The second kappa shape index (κ2) is 4.93. The van der Waals surface area contributed by atoms with Gasteiger partial charge in [-0.05, 0) is 31.6 Å². The summed E-state index contributed by atoms with van der Waals surface area (Å²) < 4.78 is 0. The third-order valence-electron chi connectivity index (χ3n) is 2.94. The third-order valence-corrected chi connectivity index (χ3v) is 2.94. The molecule has 0 aromatic carbocycles. The van der Waals surface area contributed by atoms with Crippen LogP contribution < -0.4 is 5.73 Å². The van der Waals surface area contributed by atoms with Crippen LogP contribution in [0.15, 0.2) is 17.3 Å². The Kier molecular flexibility index (Phi) is 4.09. The number of unbranched alkanes of at least 4 members (excludes halogenated alkanes) is 1. The van der Waals surface area contributed by atoms with Crippen molar-refractivity contribution < 1.29 is 0 Å². The molecule has 0 bridgehead atoms. The molecule has 0 saturated heterocycles. The zero-order chi connectivity index (χ0) is 11.5. The lowest BCUT2D eigenvalue weighted by Crippen LogP contribution is -2.36. The van der Waals surface area contributed by atoms with Gasteiger partial charge in [-0.25, -0.2) is 0 Å². The fourth-order valence-electron chi connectivity index (χ4n) is 1.81. The van der Waals surface area contributed by atoms with Crippen LogP contribution in [0.25, 0.3) is 0 Å². The van der Waals surface area contributed by atoms with Crippen molar-refractivity contribution in [1.82, 2.24) is 0 Å². The predicted molar refractivity (Wildman–Crippen MR) is 67.1 cm³/mol. The van der Waals surface area contributed by atoms with Gasteiger partial charge >= 0.3 is 0 Å². The predicted octanol–water partition coefficient (Wildman–Crippen LogP) is 3.28. The summed E-state index contributed by atoms with van der Waals surface area (Å²) in [5.74, 6) is 0.441. The molecule has 1 rings (SSSR count). The molecule has 2 nitrogen and oxygen atoms in total. The number of nitrogens with zero attached hydrogens (tertiary/aromatic N) is 1. The zero-order valence-corrected chi connectivity index (χ0v) is 10.3. The van der Waals surface area contributed by atoms with E-state index >= 15 is 0 Å². The van der Waals surface area contributed by atoms with Crippen LogP contribution in [0.5, 0.6) is 0 Å². The van der Waals surface area contributed by atoms with Gasteiger partial charge in [-0.3, -0.25) is 4.99 Å². The first kappa shape index (κ1) is 12.4. The van der Waals surface area contributed by atoms with E-state index in [4.69, 9.17) is 5.73 Å². The van der Waals surface area contributed by atoms with Crippen molar-refractivity contribution in [3.05, 3.63) is 12.3 Å². The quantitative estimate of drug-likeness (QED) is 0.668.